The number of thioether (sulfide) groups is 2. The van der Waals surface area contributed by atoms with E-state index in [0.717, 1.165) is 49.5 Å². The summed E-state index contributed by atoms with van der Waals surface area (Å²) in [6, 6.07) is 13.2. The Morgan fingerprint density at radius 3 is 2.15 bits per heavy atom. The number of ketones is 1. The number of pyridine rings is 2. The van der Waals surface area contributed by atoms with E-state index in [9.17, 15) is 4.79 Å². The van der Waals surface area contributed by atoms with Gasteiger partial charge in [0.1, 0.15) is 6.73 Å². The smallest absolute Gasteiger partial charge is 0.223 e. The van der Waals surface area contributed by atoms with Gasteiger partial charge < -0.3 is 4.74 Å². The van der Waals surface area contributed by atoms with Gasteiger partial charge in [-0.1, -0.05) is 31.8 Å². The average molecular weight is 577 g/mol. The van der Waals surface area contributed by atoms with E-state index < -0.39 is 8.07 Å². The molecule has 1 aromatic carbocycles. The van der Waals surface area contributed by atoms with Crippen LogP contribution in [0.3, 0.4) is 0 Å². The molecular formula is C30H36N4O2S2Si. The van der Waals surface area contributed by atoms with Crippen molar-refractivity contribution in [2.75, 3.05) is 6.61 Å². The lowest BCUT2D eigenvalue weighted by molar-refractivity contribution is 0.0837. The van der Waals surface area contributed by atoms with Crippen LogP contribution < -0.4 is 0 Å². The number of benzene rings is 1. The van der Waals surface area contributed by atoms with E-state index >= 15 is 0 Å². The maximum atomic E-state index is 13.8. The number of ether oxygens (including phenoxy) is 1. The zero-order valence-electron chi connectivity index (χ0n) is 23.3. The van der Waals surface area contributed by atoms with Crippen molar-refractivity contribution in [2.45, 2.75) is 57.8 Å². The summed E-state index contributed by atoms with van der Waals surface area (Å²) in [4.78, 5) is 27.0. The third-order valence-corrected chi connectivity index (χ3v) is 10.4. The SMILES string of the molecule is Cc1cc2nc(C(=O)C=C(SCc3cccnc3)SCc3cccnc3)n(COCC[Si](C)(C)C)c2cc1C. The molecule has 4 rings (SSSR count). The van der Waals surface area contributed by atoms with Crippen molar-refractivity contribution in [1.82, 2.24) is 19.5 Å². The Hall–Kier alpha value is -2.72. The van der Waals surface area contributed by atoms with E-state index in [1.54, 1.807) is 42.0 Å². The Labute approximate surface area is 240 Å². The number of aryl methyl sites for hydroxylation is 2. The number of hydrogen-bond donors (Lipinski definition) is 0. The van der Waals surface area contributed by atoms with Crippen LogP contribution in [0.15, 0.2) is 71.5 Å². The summed E-state index contributed by atoms with van der Waals surface area (Å²) in [6.07, 6.45) is 8.98. The molecule has 0 N–H and O–H groups in total. The molecule has 0 aliphatic heterocycles. The van der Waals surface area contributed by atoms with Crippen LogP contribution >= 0.6 is 23.5 Å². The quantitative estimate of drug-likeness (QED) is 0.0701. The Bertz CT molecular complexity index is 1390. The lowest BCUT2D eigenvalue weighted by atomic mass is 10.1. The van der Waals surface area contributed by atoms with Gasteiger partial charge in [-0.2, -0.15) is 0 Å². The van der Waals surface area contributed by atoms with Gasteiger partial charge in [-0.25, -0.2) is 4.98 Å². The molecule has 0 amide bonds. The second-order valence-corrected chi connectivity index (χ2v) is 18.7. The summed E-state index contributed by atoms with van der Waals surface area (Å²) >= 11 is 3.28. The number of hydrogen-bond acceptors (Lipinski definition) is 7. The van der Waals surface area contributed by atoms with Gasteiger partial charge in [-0.15, -0.1) is 23.5 Å². The summed E-state index contributed by atoms with van der Waals surface area (Å²) in [5.74, 6) is 1.73. The number of allylic oxidation sites excluding steroid dienone is 1. The summed E-state index contributed by atoms with van der Waals surface area (Å²) in [7, 11) is -1.22. The van der Waals surface area contributed by atoms with E-state index in [0.29, 0.717) is 19.2 Å². The molecule has 0 bridgehead atoms. The highest BCUT2D eigenvalue weighted by molar-refractivity contribution is 8.21. The molecule has 0 unspecified atom stereocenters. The van der Waals surface area contributed by atoms with Crippen molar-refractivity contribution in [2.24, 2.45) is 0 Å². The third kappa shape index (κ3) is 8.63. The van der Waals surface area contributed by atoms with Gasteiger partial charge in [0, 0.05) is 61.3 Å². The normalized spacial score (nSPS) is 11.6. The lowest BCUT2D eigenvalue weighted by Crippen LogP contribution is -2.22. The molecule has 0 saturated carbocycles. The number of rotatable bonds is 13. The molecule has 0 spiro atoms. The zero-order chi connectivity index (χ0) is 27.8. The second kappa shape index (κ2) is 13.6. The molecule has 204 valence electrons. The standard InChI is InChI=1S/C30H36N4O2S2Si/c1-22-14-26-27(15-23(22)2)34(21-36-12-13-39(3,4)5)30(33-26)28(35)16-29(37-19-24-8-6-10-31-17-24)38-20-25-9-7-11-32-18-25/h6-11,14-18H,12-13,19-21H2,1-5H3. The van der Waals surface area contributed by atoms with Crippen LogP contribution in [0, 0.1) is 13.8 Å². The molecule has 39 heavy (non-hydrogen) atoms. The molecule has 0 saturated heterocycles. The van der Waals surface area contributed by atoms with Crippen molar-refractivity contribution in [3.8, 4) is 0 Å². The lowest BCUT2D eigenvalue weighted by Gasteiger charge is -2.16. The van der Waals surface area contributed by atoms with Gasteiger partial charge in [0.05, 0.1) is 11.0 Å². The van der Waals surface area contributed by atoms with E-state index in [1.165, 1.54) is 5.56 Å². The van der Waals surface area contributed by atoms with Gasteiger partial charge >= 0.3 is 0 Å². The minimum Gasteiger partial charge on any atom is -0.361 e. The van der Waals surface area contributed by atoms with E-state index in [2.05, 4.69) is 55.6 Å². The van der Waals surface area contributed by atoms with Crippen molar-refractivity contribution in [1.29, 1.82) is 0 Å². The van der Waals surface area contributed by atoms with Gasteiger partial charge in [-0.05, 0) is 66.4 Å². The molecule has 3 aromatic heterocycles. The van der Waals surface area contributed by atoms with Crippen LogP contribution in [-0.2, 0) is 23.0 Å². The monoisotopic (exact) mass is 576 g/mol. The van der Waals surface area contributed by atoms with E-state index in [1.807, 2.05) is 41.2 Å². The molecule has 0 aliphatic rings. The number of imidazole rings is 1. The van der Waals surface area contributed by atoms with Crippen molar-refractivity contribution < 1.29 is 9.53 Å². The number of carbonyl (C=O) groups is 1. The van der Waals surface area contributed by atoms with E-state index in [-0.39, 0.29) is 5.78 Å². The fourth-order valence-electron chi connectivity index (χ4n) is 3.81. The van der Waals surface area contributed by atoms with Crippen molar-refractivity contribution in [3.05, 3.63) is 99.6 Å². The first-order chi connectivity index (χ1) is 18.7. The minimum absolute atomic E-state index is 0.123. The van der Waals surface area contributed by atoms with Crippen LogP contribution in [0.1, 0.15) is 32.9 Å². The number of aromatic nitrogens is 4. The summed E-state index contributed by atoms with van der Waals surface area (Å²) in [5, 5.41) is 0. The van der Waals surface area contributed by atoms with Crippen molar-refractivity contribution >= 4 is 48.4 Å². The van der Waals surface area contributed by atoms with Crippen LogP contribution in [0.25, 0.3) is 11.0 Å². The van der Waals surface area contributed by atoms with Crippen LogP contribution in [0.4, 0.5) is 0 Å². The van der Waals surface area contributed by atoms with Crippen LogP contribution in [0.5, 0.6) is 0 Å². The number of carbonyl (C=O) groups excluding carboxylic acids is 1. The molecule has 0 fully saturated rings. The number of fused-ring (bicyclic) bond motifs is 1. The highest BCUT2D eigenvalue weighted by atomic mass is 32.2. The molecule has 0 aliphatic carbocycles. The van der Waals surface area contributed by atoms with Gasteiger partial charge in [0.15, 0.2) is 5.82 Å². The molecule has 3 heterocycles. The van der Waals surface area contributed by atoms with E-state index in [4.69, 9.17) is 9.72 Å². The Morgan fingerprint density at radius 1 is 0.974 bits per heavy atom. The third-order valence-electron chi connectivity index (χ3n) is 6.26. The number of nitrogens with zero attached hydrogens (tertiary/aromatic N) is 4. The van der Waals surface area contributed by atoms with Gasteiger partial charge in [-0.3, -0.25) is 19.3 Å². The topological polar surface area (TPSA) is 69.9 Å². The first-order valence-electron chi connectivity index (χ1n) is 13.0. The summed E-state index contributed by atoms with van der Waals surface area (Å²) in [5.41, 5.74) is 6.28. The van der Waals surface area contributed by atoms with Crippen LogP contribution in [-0.4, -0.2) is 40.0 Å². The van der Waals surface area contributed by atoms with Gasteiger partial charge in [0.25, 0.3) is 0 Å². The fourth-order valence-corrected chi connectivity index (χ4v) is 6.59. The predicted octanol–water partition coefficient (Wildman–Crippen LogP) is 7.65. The highest BCUT2D eigenvalue weighted by Crippen LogP contribution is 2.34. The first-order valence-corrected chi connectivity index (χ1v) is 18.7. The largest absolute Gasteiger partial charge is 0.361 e. The predicted molar refractivity (Wildman–Crippen MR) is 167 cm³/mol. The maximum absolute atomic E-state index is 13.8. The zero-order valence-corrected chi connectivity index (χ0v) is 25.9. The Morgan fingerprint density at radius 2 is 1.59 bits per heavy atom. The molecule has 9 heteroatoms. The maximum Gasteiger partial charge on any atom is 0.223 e. The average Bonchev–Trinajstić information content (AvgIpc) is 3.26. The molecular weight excluding hydrogens is 541 g/mol. The highest BCUT2D eigenvalue weighted by Gasteiger charge is 2.19. The molecule has 0 atom stereocenters. The minimum atomic E-state index is -1.22. The summed E-state index contributed by atoms with van der Waals surface area (Å²) in [6.45, 7) is 12.1. The molecule has 6 nitrogen and oxygen atoms in total. The van der Waals surface area contributed by atoms with Crippen LogP contribution in [0.2, 0.25) is 25.7 Å². The Balaban J connectivity index is 1.62. The summed E-state index contributed by atoms with van der Waals surface area (Å²) < 4.78 is 8.96. The molecule has 0 radical (unpaired) electrons. The molecule has 4 aromatic rings. The Kier molecular flexibility index (Phi) is 10.2. The second-order valence-electron chi connectivity index (χ2n) is 10.8. The fraction of sp³-hybridized carbons (Fsp3) is 0.333. The van der Waals surface area contributed by atoms with Crippen molar-refractivity contribution in [3.63, 3.8) is 0 Å². The van der Waals surface area contributed by atoms with Gasteiger partial charge in [0.2, 0.25) is 5.78 Å². The first kappa shape index (κ1) is 29.3.